The molecular weight excluding hydrogens is 234 g/mol. The van der Waals surface area contributed by atoms with E-state index >= 15 is 0 Å². The molecule has 1 aromatic rings. The van der Waals surface area contributed by atoms with Gasteiger partial charge in [-0.1, -0.05) is 30.3 Å². The molecule has 1 unspecified atom stereocenters. The van der Waals surface area contributed by atoms with Gasteiger partial charge in [0, 0.05) is 18.6 Å². The van der Waals surface area contributed by atoms with E-state index in [0.29, 0.717) is 12.1 Å². The third-order valence-corrected chi connectivity index (χ3v) is 4.59. The summed E-state index contributed by atoms with van der Waals surface area (Å²) >= 11 is 0. The highest BCUT2D eigenvalue weighted by Crippen LogP contribution is 2.43. The van der Waals surface area contributed by atoms with E-state index in [2.05, 4.69) is 35.5 Å². The number of hydrogen-bond donors (Lipinski definition) is 1. The second-order valence-electron chi connectivity index (χ2n) is 6.08. The first-order valence-electron chi connectivity index (χ1n) is 7.13. The van der Waals surface area contributed by atoms with Crippen LogP contribution in [0.15, 0.2) is 30.3 Å². The van der Waals surface area contributed by atoms with E-state index in [1.807, 2.05) is 18.2 Å². The van der Waals surface area contributed by atoms with Gasteiger partial charge in [-0.15, -0.1) is 0 Å². The summed E-state index contributed by atoms with van der Waals surface area (Å²) in [7, 11) is 2.17. The van der Waals surface area contributed by atoms with E-state index in [0.717, 1.165) is 19.4 Å². The van der Waals surface area contributed by atoms with E-state index in [1.165, 1.54) is 18.5 Å². The maximum atomic E-state index is 9.52. The van der Waals surface area contributed by atoms with Crippen LogP contribution in [0.25, 0.3) is 0 Å². The second kappa shape index (κ2) is 4.96. The first kappa shape index (κ1) is 12.7. The van der Waals surface area contributed by atoms with Gasteiger partial charge in [0.15, 0.2) is 0 Å². The lowest BCUT2D eigenvalue weighted by Gasteiger charge is -2.44. The Kier molecular flexibility index (Phi) is 3.30. The first-order valence-corrected chi connectivity index (χ1v) is 7.13. The molecule has 0 amide bonds. The van der Waals surface area contributed by atoms with Crippen molar-refractivity contribution in [2.75, 3.05) is 20.1 Å². The van der Waals surface area contributed by atoms with Gasteiger partial charge in [0.2, 0.25) is 0 Å². The third kappa shape index (κ3) is 2.39. The predicted octanol–water partition coefficient (Wildman–Crippen LogP) is 1.90. The standard InChI is InChI=1S/C16H21N3/c1-19-8-7-14(11-19)18-15-9-16(10-15,12-17)13-5-3-2-4-6-13/h2-6,14-15,18H,7-11H2,1H3. The van der Waals surface area contributed by atoms with Crippen LogP contribution in [0.1, 0.15) is 24.8 Å². The van der Waals surface area contributed by atoms with Crippen molar-refractivity contribution >= 4 is 0 Å². The lowest BCUT2D eigenvalue weighted by Crippen LogP contribution is -2.54. The fourth-order valence-corrected chi connectivity index (χ4v) is 3.45. The molecule has 1 heterocycles. The minimum atomic E-state index is -0.247. The van der Waals surface area contributed by atoms with E-state index in [-0.39, 0.29) is 5.41 Å². The van der Waals surface area contributed by atoms with Crippen LogP contribution in [-0.2, 0) is 5.41 Å². The van der Waals surface area contributed by atoms with E-state index in [4.69, 9.17) is 0 Å². The quantitative estimate of drug-likeness (QED) is 0.896. The third-order valence-electron chi connectivity index (χ3n) is 4.59. The summed E-state index contributed by atoms with van der Waals surface area (Å²) in [5, 5.41) is 13.2. The molecular formula is C16H21N3. The summed E-state index contributed by atoms with van der Waals surface area (Å²) in [6, 6.07) is 13.9. The zero-order valence-corrected chi connectivity index (χ0v) is 11.5. The highest BCUT2D eigenvalue weighted by atomic mass is 15.2. The van der Waals surface area contributed by atoms with Crippen LogP contribution in [0.4, 0.5) is 0 Å². The van der Waals surface area contributed by atoms with Crippen molar-refractivity contribution in [2.24, 2.45) is 0 Å². The molecule has 2 aliphatic rings. The SMILES string of the molecule is CN1CCC(NC2CC(C#N)(c3ccccc3)C2)C1. The summed E-state index contributed by atoms with van der Waals surface area (Å²) in [6.45, 7) is 2.33. The molecule has 1 aromatic carbocycles. The topological polar surface area (TPSA) is 39.1 Å². The summed E-state index contributed by atoms with van der Waals surface area (Å²) < 4.78 is 0. The predicted molar refractivity (Wildman–Crippen MR) is 75.8 cm³/mol. The molecule has 1 aliphatic carbocycles. The first-order chi connectivity index (χ1) is 9.22. The average molecular weight is 255 g/mol. The molecule has 0 aromatic heterocycles. The molecule has 0 bridgehead atoms. The van der Waals surface area contributed by atoms with Crippen LogP contribution in [-0.4, -0.2) is 37.1 Å². The van der Waals surface area contributed by atoms with Crippen molar-refractivity contribution in [3.05, 3.63) is 35.9 Å². The van der Waals surface area contributed by atoms with Gasteiger partial charge >= 0.3 is 0 Å². The highest BCUT2D eigenvalue weighted by molar-refractivity contribution is 5.36. The summed E-state index contributed by atoms with van der Waals surface area (Å²) in [4.78, 5) is 2.37. The molecule has 3 nitrogen and oxygen atoms in total. The molecule has 1 saturated heterocycles. The Morgan fingerprint density at radius 1 is 1.26 bits per heavy atom. The van der Waals surface area contributed by atoms with Crippen LogP contribution >= 0.6 is 0 Å². The van der Waals surface area contributed by atoms with Crippen molar-refractivity contribution in [2.45, 2.75) is 36.8 Å². The van der Waals surface area contributed by atoms with Crippen LogP contribution in [0.5, 0.6) is 0 Å². The van der Waals surface area contributed by atoms with E-state index in [9.17, 15) is 5.26 Å². The van der Waals surface area contributed by atoms with Gasteiger partial charge in [-0.2, -0.15) is 5.26 Å². The van der Waals surface area contributed by atoms with Crippen LogP contribution in [0.2, 0.25) is 0 Å². The number of nitrogens with zero attached hydrogens (tertiary/aromatic N) is 2. The zero-order valence-electron chi connectivity index (χ0n) is 11.5. The summed E-state index contributed by atoms with van der Waals surface area (Å²) in [6.07, 6.45) is 3.14. The molecule has 0 radical (unpaired) electrons. The molecule has 100 valence electrons. The van der Waals surface area contributed by atoms with Crippen molar-refractivity contribution in [3.63, 3.8) is 0 Å². The lowest BCUT2D eigenvalue weighted by atomic mass is 9.62. The van der Waals surface area contributed by atoms with Gasteiger partial charge in [-0.05, 0) is 38.4 Å². The maximum Gasteiger partial charge on any atom is 0.0852 e. The number of rotatable bonds is 3. The smallest absolute Gasteiger partial charge is 0.0852 e. The Morgan fingerprint density at radius 3 is 2.58 bits per heavy atom. The van der Waals surface area contributed by atoms with Gasteiger partial charge in [-0.25, -0.2) is 0 Å². The van der Waals surface area contributed by atoms with Gasteiger partial charge in [0.1, 0.15) is 0 Å². The second-order valence-corrected chi connectivity index (χ2v) is 6.08. The Hall–Kier alpha value is -1.37. The zero-order chi connectivity index (χ0) is 13.3. The van der Waals surface area contributed by atoms with Crippen LogP contribution in [0, 0.1) is 11.3 Å². The number of benzene rings is 1. The average Bonchev–Trinajstić information content (AvgIpc) is 2.80. The Morgan fingerprint density at radius 2 is 2.00 bits per heavy atom. The minimum Gasteiger partial charge on any atom is -0.310 e. The highest BCUT2D eigenvalue weighted by Gasteiger charge is 2.46. The largest absolute Gasteiger partial charge is 0.310 e. The van der Waals surface area contributed by atoms with Gasteiger partial charge < -0.3 is 10.2 Å². The normalized spacial score (nSPS) is 34.7. The Bertz CT molecular complexity index is 471. The Balaban J connectivity index is 1.60. The molecule has 1 N–H and O–H groups in total. The van der Waals surface area contributed by atoms with Crippen molar-refractivity contribution in [1.29, 1.82) is 5.26 Å². The van der Waals surface area contributed by atoms with Gasteiger partial charge in [0.25, 0.3) is 0 Å². The number of likely N-dealkylation sites (tertiary alicyclic amines) is 1. The number of nitrogens with one attached hydrogen (secondary N) is 1. The summed E-state index contributed by atoms with van der Waals surface area (Å²) in [5.41, 5.74) is 0.933. The number of likely N-dealkylation sites (N-methyl/N-ethyl adjacent to an activating group) is 1. The molecule has 1 saturated carbocycles. The van der Waals surface area contributed by atoms with Crippen molar-refractivity contribution < 1.29 is 0 Å². The van der Waals surface area contributed by atoms with Crippen molar-refractivity contribution in [1.82, 2.24) is 10.2 Å². The van der Waals surface area contributed by atoms with Crippen LogP contribution < -0.4 is 5.32 Å². The molecule has 1 aliphatic heterocycles. The molecule has 0 spiro atoms. The van der Waals surface area contributed by atoms with Gasteiger partial charge in [-0.3, -0.25) is 0 Å². The fraction of sp³-hybridized carbons (Fsp3) is 0.562. The lowest BCUT2D eigenvalue weighted by molar-refractivity contribution is 0.209. The maximum absolute atomic E-state index is 9.52. The van der Waals surface area contributed by atoms with E-state index < -0.39 is 0 Å². The monoisotopic (exact) mass is 255 g/mol. The molecule has 1 atom stereocenters. The van der Waals surface area contributed by atoms with Gasteiger partial charge in [0.05, 0.1) is 11.5 Å². The molecule has 3 heteroatoms. The van der Waals surface area contributed by atoms with E-state index in [1.54, 1.807) is 0 Å². The minimum absolute atomic E-state index is 0.247. The molecule has 2 fully saturated rings. The number of nitriles is 1. The summed E-state index contributed by atoms with van der Waals surface area (Å²) in [5.74, 6) is 0. The molecule has 19 heavy (non-hydrogen) atoms. The fourth-order valence-electron chi connectivity index (χ4n) is 3.45. The van der Waals surface area contributed by atoms with Crippen molar-refractivity contribution in [3.8, 4) is 6.07 Å². The van der Waals surface area contributed by atoms with Crippen LogP contribution in [0.3, 0.4) is 0 Å². The molecule has 3 rings (SSSR count). The Labute approximate surface area is 115 Å². The number of hydrogen-bond acceptors (Lipinski definition) is 3.